The number of aromatic nitrogens is 4. The van der Waals surface area contributed by atoms with E-state index in [0.29, 0.717) is 22.7 Å². The van der Waals surface area contributed by atoms with Crippen molar-refractivity contribution >= 4 is 34.4 Å². The van der Waals surface area contributed by atoms with Crippen LogP contribution in [0.2, 0.25) is 0 Å². The minimum absolute atomic E-state index is 0.0662. The van der Waals surface area contributed by atoms with Crippen LogP contribution in [0.5, 0.6) is 0 Å². The SMILES string of the molecule is CNc1ncnc2c1ncn2-c1ccc(NC(=O)Nc2ccc(CN3CCCC3)c(C(F)(F)F)c2)cc1. The van der Waals surface area contributed by atoms with Gasteiger partial charge in [-0.15, -0.1) is 0 Å². The van der Waals surface area contributed by atoms with Crippen LogP contribution < -0.4 is 16.0 Å². The number of likely N-dealkylation sites (tertiary alicyclic amines) is 1. The van der Waals surface area contributed by atoms with Gasteiger partial charge in [-0.25, -0.2) is 19.7 Å². The van der Waals surface area contributed by atoms with Gasteiger partial charge in [-0.1, -0.05) is 6.07 Å². The van der Waals surface area contributed by atoms with Crippen LogP contribution in [0.25, 0.3) is 16.9 Å². The van der Waals surface area contributed by atoms with E-state index in [0.717, 1.165) is 37.7 Å². The highest BCUT2D eigenvalue weighted by Crippen LogP contribution is 2.35. The summed E-state index contributed by atoms with van der Waals surface area (Å²) in [5.74, 6) is 0.608. The highest BCUT2D eigenvalue weighted by atomic mass is 19.4. The molecular weight excluding hydrogens is 485 g/mol. The van der Waals surface area contributed by atoms with Gasteiger partial charge in [0.25, 0.3) is 0 Å². The molecule has 1 aliphatic rings. The predicted octanol–water partition coefficient (Wildman–Crippen LogP) is 5.12. The van der Waals surface area contributed by atoms with E-state index in [1.54, 1.807) is 42.2 Å². The molecule has 0 bridgehead atoms. The van der Waals surface area contributed by atoms with Gasteiger partial charge < -0.3 is 16.0 Å². The second-order valence-electron chi connectivity index (χ2n) is 8.74. The first-order chi connectivity index (χ1) is 17.8. The molecular formula is C25H25F3N8O. The second kappa shape index (κ2) is 10.1. The van der Waals surface area contributed by atoms with Crippen molar-refractivity contribution in [3.05, 3.63) is 66.2 Å². The maximum Gasteiger partial charge on any atom is 0.416 e. The smallest absolute Gasteiger partial charge is 0.371 e. The van der Waals surface area contributed by atoms with Gasteiger partial charge in [0.15, 0.2) is 17.0 Å². The van der Waals surface area contributed by atoms with Gasteiger partial charge in [-0.3, -0.25) is 9.47 Å². The van der Waals surface area contributed by atoms with Crippen molar-refractivity contribution in [1.29, 1.82) is 0 Å². The third kappa shape index (κ3) is 5.33. The highest BCUT2D eigenvalue weighted by Gasteiger charge is 2.34. The first kappa shape index (κ1) is 24.5. The van der Waals surface area contributed by atoms with Crippen LogP contribution in [0.4, 0.5) is 35.2 Å². The molecule has 192 valence electrons. The zero-order valence-corrected chi connectivity index (χ0v) is 20.0. The van der Waals surface area contributed by atoms with Crippen molar-refractivity contribution in [3.8, 4) is 5.69 Å². The van der Waals surface area contributed by atoms with E-state index in [2.05, 4.69) is 30.9 Å². The molecule has 37 heavy (non-hydrogen) atoms. The van der Waals surface area contributed by atoms with Crippen molar-refractivity contribution < 1.29 is 18.0 Å². The Morgan fingerprint density at radius 1 is 0.973 bits per heavy atom. The Kier molecular flexibility index (Phi) is 6.66. The number of nitrogens with zero attached hydrogens (tertiary/aromatic N) is 5. The largest absolute Gasteiger partial charge is 0.416 e. The summed E-state index contributed by atoms with van der Waals surface area (Å²) in [6.45, 7) is 1.82. The molecule has 3 heterocycles. The summed E-state index contributed by atoms with van der Waals surface area (Å²) in [7, 11) is 1.75. The fourth-order valence-electron chi connectivity index (χ4n) is 4.44. The van der Waals surface area contributed by atoms with Crippen molar-refractivity contribution in [2.75, 3.05) is 36.1 Å². The zero-order valence-electron chi connectivity index (χ0n) is 20.0. The number of imidazole rings is 1. The Hall–Kier alpha value is -4.19. The molecule has 12 heteroatoms. The normalized spacial score (nSPS) is 14.2. The molecule has 0 saturated carbocycles. The Morgan fingerprint density at radius 2 is 1.68 bits per heavy atom. The van der Waals surface area contributed by atoms with Gasteiger partial charge in [0, 0.05) is 30.7 Å². The van der Waals surface area contributed by atoms with Gasteiger partial charge >= 0.3 is 12.2 Å². The molecule has 0 atom stereocenters. The Morgan fingerprint density at radius 3 is 2.38 bits per heavy atom. The average Bonchev–Trinajstić information content (AvgIpc) is 3.55. The number of hydrogen-bond donors (Lipinski definition) is 3. The van der Waals surface area contributed by atoms with Crippen molar-refractivity contribution in [3.63, 3.8) is 0 Å². The fourth-order valence-corrected chi connectivity index (χ4v) is 4.44. The highest BCUT2D eigenvalue weighted by molar-refractivity contribution is 5.99. The van der Waals surface area contributed by atoms with E-state index in [9.17, 15) is 18.0 Å². The molecule has 0 radical (unpaired) electrons. The van der Waals surface area contributed by atoms with Crippen LogP contribution in [0.1, 0.15) is 24.0 Å². The lowest BCUT2D eigenvalue weighted by molar-refractivity contribution is -0.138. The van der Waals surface area contributed by atoms with Crippen LogP contribution in [-0.4, -0.2) is 50.6 Å². The summed E-state index contributed by atoms with van der Waals surface area (Å²) < 4.78 is 42.9. The first-order valence-corrected chi connectivity index (χ1v) is 11.8. The molecule has 2 aromatic carbocycles. The molecule has 0 unspecified atom stereocenters. The lowest BCUT2D eigenvalue weighted by Gasteiger charge is -2.20. The van der Waals surface area contributed by atoms with Crippen LogP contribution in [0, 0.1) is 0 Å². The molecule has 1 saturated heterocycles. The minimum atomic E-state index is -4.52. The van der Waals surface area contributed by atoms with Gasteiger partial charge in [-0.05, 0) is 67.9 Å². The number of hydrogen-bond acceptors (Lipinski definition) is 6. The van der Waals surface area contributed by atoms with Gasteiger partial charge in [-0.2, -0.15) is 13.2 Å². The Bertz CT molecular complexity index is 1410. The van der Waals surface area contributed by atoms with E-state index in [4.69, 9.17) is 0 Å². The average molecular weight is 511 g/mol. The van der Waals surface area contributed by atoms with Crippen molar-refractivity contribution in [2.24, 2.45) is 0 Å². The lowest BCUT2D eigenvalue weighted by atomic mass is 10.1. The van der Waals surface area contributed by atoms with Crippen molar-refractivity contribution in [2.45, 2.75) is 25.6 Å². The van der Waals surface area contributed by atoms with Crippen LogP contribution in [0.15, 0.2) is 55.1 Å². The zero-order chi connectivity index (χ0) is 26.0. The molecule has 2 aromatic heterocycles. The number of anilines is 3. The first-order valence-electron chi connectivity index (χ1n) is 11.8. The number of benzene rings is 2. The summed E-state index contributed by atoms with van der Waals surface area (Å²) in [5, 5.41) is 8.12. The number of carbonyl (C=O) groups excluding carboxylic acids is 1. The quantitative estimate of drug-likeness (QED) is 0.333. The Labute approximate surface area is 210 Å². The lowest BCUT2D eigenvalue weighted by Crippen LogP contribution is -2.22. The second-order valence-corrected chi connectivity index (χ2v) is 8.74. The number of fused-ring (bicyclic) bond motifs is 1. The summed E-state index contributed by atoms with van der Waals surface area (Å²) in [5.41, 5.74) is 2.00. The van der Waals surface area contributed by atoms with Gasteiger partial charge in [0.2, 0.25) is 0 Å². The standard InChI is InChI=1S/C25H25F3N8O/c1-29-22-21-23(31-14-30-22)36(15-32-21)19-8-6-17(7-9-19)33-24(37)34-18-5-4-16(13-35-10-2-3-11-35)20(12-18)25(26,27)28/h4-9,12,14-15H,2-3,10-11,13H2,1H3,(H,29,30,31)(H2,33,34,37). The van der Waals surface area contributed by atoms with E-state index >= 15 is 0 Å². The number of halogens is 3. The van der Waals surface area contributed by atoms with Gasteiger partial charge in [0.05, 0.1) is 5.56 Å². The predicted molar refractivity (Wildman–Crippen MR) is 135 cm³/mol. The Balaban J connectivity index is 1.28. The minimum Gasteiger partial charge on any atom is -0.371 e. The number of rotatable bonds is 6. The third-order valence-corrected chi connectivity index (χ3v) is 6.24. The van der Waals surface area contributed by atoms with Gasteiger partial charge in [0.1, 0.15) is 12.7 Å². The van der Waals surface area contributed by atoms with Crippen LogP contribution >= 0.6 is 0 Å². The molecule has 5 rings (SSSR count). The van der Waals surface area contributed by atoms with Crippen molar-refractivity contribution in [1.82, 2.24) is 24.4 Å². The molecule has 1 fully saturated rings. The summed E-state index contributed by atoms with van der Waals surface area (Å²) in [4.78, 5) is 27.3. The summed E-state index contributed by atoms with van der Waals surface area (Å²) in [6.07, 6.45) is 0.533. The number of alkyl halides is 3. The molecule has 0 spiro atoms. The molecule has 4 aromatic rings. The topological polar surface area (TPSA) is 100 Å². The number of urea groups is 1. The number of carbonyl (C=O) groups is 1. The molecule has 1 aliphatic heterocycles. The molecule has 0 aliphatic carbocycles. The fraction of sp³-hybridized carbons (Fsp3) is 0.280. The van der Waals surface area contributed by atoms with Crippen LogP contribution in [0.3, 0.4) is 0 Å². The van der Waals surface area contributed by atoms with Crippen LogP contribution in [-0.2, 0) is 12.7 Å². The third-order valence-electron chi connectivity index (χ3n) is 6.24. The van der Waals surface area contributed by atoms with E-state index in [-0.39, 0.29) is 17.8 Å². The molecule has 3 N–H and O–H groups in total. The summed E-state index contributed by atoms with van der Waals surface area (Å²) >= 11 is 0. The monoisotopic (exact) mass is 510 g/mol. The maximum absolute atomic E-state index is 13.7. The maximum atomic E-state index is 13.7. The molecule has 2 amide bonds. The number of amides is 2. The van der Waals surface area contributed by atoms with E-state index in [1.807, 2.05) is 4.90 Å². The van der Waals surface area contributed by atoms with E-state index in [1.165, 1.54) is 18.5 Å². The molecule has 9 nitrogen and oxygen atoms in total. The van der Waals surface area contributed by atoms with E-state index < -0.39 is 17.8 Å². The number of nitrogens with one attached hydrogen (secondary N) is 3. The summed E-state index contributed by atoms with van der Waals surface area (Å²) in [6, 6.07) is 10.2.